The molecule has 38 heavy (non-hydrogen) atoms. The van der Waals surface area contributed by atoms with E-state index in [2.05, 4.69) is 5.32 Å². The number of amides is 2. The molecule has 4 rings (SSSR count). The Morgan fingerprint density at radius 1 is 1.24 bits per heavy atom. The Hall–Kier alpha value is -3.77. The van der Waals surface area contributed by atoms with E-state index >= 15 is 4.39 Å². The molecule has 1 aromatic rings. The van der Waals surface area contributed by atoms with Crippen LogP contribution in [-0.2, 0) is 20.8 Å². The van der Waals surface area contributed by atoms with E-state index in [-0.39, 0.29) is 43.1 Å². The number of nitrogens with zero attached hydrogens (tertiary/aromatic N) is 1. The molecule has 2 amide bonds. The van der Waals surface area contributed by atoms with Crippen molar-refractivity contribution in [1.29, 1.82) is 0 Å². The van der Waals surface area contributed by atoms with Crippen molar-refractivity contribution < 1.29 is 44.0 Å². The van der Waals surface area contributed by atoms with Crippen LogP contribution in [0.5, 0.6) is 5.75 Å². The number of rotatable bonds is 6. The van der Waals surface area contributed by atoms with Gasteiger partial charge in [-0.15, -0.1) is 0 Å². The fraction of sp³-hybridized carbons (Fsp3) is 0.462. The van der Waals surface area contributed by atoms with Crippen molar-refractivity contribution >= 4 is 29.1 Å². The standard InChI is InChI=1S/C26H30FN3O8/c1-4-30(10(2)3)9-17(32)29-15-8-14(27)13-6-11-5-12-7-16(31)20(25(28)37)24(36)26(12,38)23(35)18(11)22(34)19(13)21(15)33/h8,10-12,31,33,35,38H,4-7,9H2,1-3H3,(H2,28,37)(H,29,32)/t11?,12-,26-/m0/s1. The van der Waals surface area contributed by atoms with Gasteiger partial charge in [-0.1, -0.05) is 6.92 Å². The SMILES string of the molecule is CCN(CC(=O)Nc1cc(F)c2c(c1O)C(=O)C1=C(O)[C@]3(O)C(=O)C(C(N)=O)=C(O)C[C@@H]3CC1C2)C(C)C. The Labute approximate surface area is 217 Å². The molecule has 11 nitrogen and oxygen atoms in total. The number of aliphatic hydroxyl groups excluding tert-OH is 2. The van der Waals surface area contributed by atoms with Crippen LogP contribution in [0.4, 0.5) is 10.1 Å². The zero-order chi connectivity index (χ0) is 28.3. The van der Waals surface area contributed by atoms with Gasteiger partial charge < -0.3 is 31.5 Å². The van der Waals surface area contributed by atoms with Gasteiger partial charge in [0.05, 0.1) is 17.8 Å². The summed E-state index contributed by atoms with van der Waals surface area (Å²) in [6.07, 6.45) is -0.651. The number of hydrogen-bond acceptors (Lipinski definition) is 9. The van der Waals surface area contributed by atoms with Crippen LogP contribution in [0, 0.1) is 17.7 Å². The van der Waals surface area contributed by atoms with Gasteiger partial charge in [0.15, 0.2) is 17.1 Å². The number of nitrogens with two attached hydrogens (primary N) is 1. The van der Waals surface area contributed by atoms with Gasteiger partial charge >= 0.3 is 0 Å². The summed E-state index contributed by atoms with van der Waals surface area (Å²) in [6.45, 7) is 6.17. The van der Waals surface area contributed by atoms with Crippen molar-refractivity contribution in [2.45, 2.75) is 51.7 Å². The zero-order valence-electron chi connectivity index (χ0n) is 21.2. The molecule has 12 heteroatoms. The van der Waals surface area contributed by atoms with Gasteiger partial charge in [-0.3, -0.25) is 24.1 Å². The number of aromatic hydroxyl groups is 1. The molecular weight excluding hydrogens is 501 g/mol. The van der Waals surface area contributed by atoms with Gasteiger partial charge in [0.1, 0.15) is 22.9 Å². The Bertz CT molecular complexity index is 1330. The van der Waals surface area contributed by atoms with Crippen LogP contribution in [0.15, 0.2) is 28.7 Å². The van der Waals surface area contributed by atoms with E-state index in [0.29, 0.717) is 6.54 Å². The van der Waals surface area contributed by atoms with Crippen LogP contribution in [0.25, 0.3) is 0 Å². The van der Waals surface area contributed by atoms with Gasteiger partial charge in [-0.25, -0.2) is 4.39 Å². The number of phenolic OH excluding ortho intramolecular Hbond substituents is 1. The zero-order valence-corrected chi connectivity index (χ0v) is 21.2. The lowest BCUT2D eigenvalue weighted by molar-refractivity contribution is -0.144. The highest BCUT2D eigenvalue weighted by atomic mass is 19.1. The molecule has 0 radical (unpaired) electrons. The second-order valence-electron chi connectivity index (χ2n) is 10.2. The number of likely N-dealkylation sites (N-methyl/N-ethyl adjacent to an activating group) is 1. The van der Waals surface area contributed by atoms with E-state index < -0.39 is 80.6 Å². The third-order valence-corrected chi connectivity index (χ3v) is 7.76. The molecule has 3 atom stereocenters. The van der Waals surface area contributed by atoms with Crippen LogP contribution in [0.3, 0.4) is 0 Å². The summed E-state index contributed by atoms with van der Waals surface area (Å²) in [5.74, 6) is -9.45. The van der Waals surface area contributed by atoms with Gasteiger partial charge in [0.2, 0.25) is 11.7 Å². The lowest BCUT2D eigenvalue weighted by Crippen LogP contribution is -2.57. The van der Waals surface area contributed by atoms with E-state index in [1.54, 1.807) is 0 Å². The van der Waals surface area contributed by atoms with Crippen LogP contribution in [-0.4, -0.2) is 73.4 Å². The van der Waals surface area contributed by atoms with Crippen molar-refractivity contribution in [1.82, 2.24) is 4.90 Å². The average molecular weight is 532 g/mol. The second kappa shape index (κ2) is 9.52. The smallest absolute Gasteiger partial charge is 0.255 e. The van der Waals surface area contributed by atoms with Crippen LogP contribution < -0.4 is 11.1 Å². The number of allylic oxidation sites excluding steroid dienone is 2. The van der Waals surface area contributed by atoms with Crippen LogP contribution in [0.1, 0.15) is 49.5 Å². The number of hydrogen-bond donors (Lipinski definition) is 6. The first kappa shape index (κ1) is 27.3. The number of benzene rings is 1. The molecule has 0 saturated carbocycles. The second-order valence-corrected chi connectivity index (χ2v) is 10.2. The summed E-state index contributed by atoms with van der Waals surface area (Å²) >= 11 is 0. The third-order valence-electron chi connectivity index (χ3n) is 7.76. The van der Waals surface area contributed by atoms with Crippen molar-refractivity contribution in [3.05, 3.63) is 45.7 Å². The Balaban J connectivity index is 1.76. The molecule has 0 spiro atoms. The highest BCUT2D eigenvalue weighted by Gasteiger charge is 2.59. The summed E-state index contributed by atoms with van der Waals surface area (Å²) in [5, 5.41) is 45.8. The number of Topliss-reactive ketones (excluding diaryl/α,β-unsaturated/α-hetero) is 2. The minimum Gasteiger partial charge on any atom is -0.511 e. The molecular formula is C26H30FN3O8. The summed E-state index contributed by atoms with van der Waals surface area (Å²) in [5.41, 5.74) is 0.185. The third kappa shape index (κ3) is 4.04. The Morgan fingerprint density at radius 2 is 1.89 bits per heavy atom. The molecule has 1 unspecified atom stereocenters. The number of anilines is 1. The van der Waals surface area contributed by atoms with Gasteiger partial charge in [0.25, 0.3) is 5.91 Å². The molecule has 0 aliphatic heterocycles. The van der Waals surface area contributed by atoms with Gasteiger partial charge in [0, 0.05) is 35.6 Å². The number of aliphatic hydroxyl groups is 3. The summed E-state index contributed by atoms with van der Waals surface area (Å²) in [7, 11) is 0. The van der Waals surface area contributed by atoms with Crippen LogP contribution >= 0.6 is 0 Å². The molecule has 3 aliphatic rings. The van der Waals surface area contributed by atoms with Crippen molar-refractivity contribution in [2.75, 3.05) is 18.4 Å². The van der Waals surface area contributed by atoms with E-state index in [1.807, 2.05) is 25.7 Å². The molecule has 1 aromatic carbocycles. The molecule has 0 heterocycles. The predicted octanol–water partition coefficient (Wildman–Crippen LogP) is 1.39. The number of ketones is 2. The lowest BCUT2D eigenvalue weighted by Gasteiger charge is -2.45. The first-order valence-corrected chi connectivity index (χ1v) is 12.3. The van der Waals surface area contributed by atoms with E-state index in [4.69, 9.17) is 5.73 Å². The van der Waals surface area contributed by atoms with Crippen LogP contribution in [0.2, 0.25) is 0 Å². The van der Waals surface area contributed by atoms with Crippen molar-refractivity contribution in [3.63, 3.8) is 0 Å². The molecule has 7 N–H and O–H groups in total. The molecule has 3 aliphatic carbocycles. The normalized spacial score (nSPS) is 24.9. The number of halogens is 1. The van der Waals surface area contributed by atoms with Gasteiger partial charge in [-0.05, 0) is 39.2 Å². The molecule has 0 aromatic heterocycles. The molecule has 204 valence electrons. The Kier molecular flexibility index (Phi) is 6.83. The number of phenols is 1. The first-order chi connectivity index (χ1) is 17.7. The van der Waals surface area contributed by atoms with Crippen molar-refractivity contribution in [2.24, 2.45) is 17.6 Å². The van der Waals surface area contributed by atoms with Gasteiger partial charge in [-0.2, -0.15) is 0 Å². The number of fused-ring (bicyclic) bond motifs is 3. The fourth-order valence-corrected chi connectivity index (χ4v) is 5.77. The minimum absolute atomic E-state index is 0.0447. The minimum atomic E-state index is -2.71. The Morgan fingerprint density at radius 3 is 2.47 bits per heavy atom. The number of carbonyl (C=O) groups excluding carboxylic acids is 4. The summed E-state index contributed by atoms with van der Waals surface area (Å²) in [6, 6.07) is 0.958. The number of primary amides is 1. The predicted molar refractivity (Wildman–Crippen MR) is 132 cm³/mol. The quantitative estimate of drug-likeness (QED) is 0.233. The largest absolute Gasteiger partial charge is 0.511 e. The average Bonchev–Trinajstić information content (AvgIpc) is 2.82. The first-order valence-electron chi connectivity index (χ1n) is 12.3. The molecule has 0 saturated heterocycles. The van der Waals surface area contributed by atoms with Crippen molar-refractivity contribution in [3.8, 4) is 5.75 Å². The van der Waals surface area contributed by atoms with E-state index in [0.717, 1.165) is 6.07 Å². The highest BCUT2D eigenvalue weighted by molar-refractivity contribution is 6.24. The maximum absolute atomic E-state index is 15.2. The van der Waals surface area contributed by atoms with E-state index in [1.165, 1.54) is 0 Å². The number of carbonyl (C=O) groups is 4. The lowest BCUT2D eigenvalue weighted by atomic mass is 9.60. The molecule has 0 fully saturated rings. The van der Waals surface area contributed by atoms with E-state index in [9.17, 15) is 39.6 Å². The number of nitrogens with one attached hydrogen (secondary N) is 1. The monoisotopic (exact) mass is 531 g/mol. The highest BCUT2D eigenvalue weighted by Crippen LogP contribution is 2.52. The topological polar surface area (TPSA) is 190 Å². The maximum Gasteiger partial charge on any atom is 0.255 e. The molecule has 0 bridgehead atoms. The summed E-state index contributed by atoms with van der Waals surface area (Å²) in [4.78, 5) is 52.7. The maximum atomic E-state index is 15.2. The fourth-order valence-electron chi connectivity index (χ4n) is 5.77. The summed E-state index contributed by atoms with van der Waals surface area (Å²) < 4.78 is 15.2.